The van der Waals surface area contributed by atoms with Gasteiger partial charge in [0.2, 0.25) is 5.91 Å². The maximum atomic E-state index is 12.0. The van der Waals surface area contributed by atoms with E-state index in [1.807, 2.05) is 0 Å². The molecule has 154 valence electrons. The molecule has 0 rings (SSSR count). The van der Waals surface area contributed by atoms with Gasteiger partial charge >= 0.3 is 5.97 Å². The molecule has 0 saturated carbocycles. The van der Waals surface area contributed by atoms with E-state index in [0.717, 1.165) is 0 Å². The quantitative estimate of drug-likeness (QED) is 0.0843. The number of methoxy groups -OCH3 is 1. The van der Waals surface area contributed by atoms with Gasteiger partial charge < -0.3 is 37.9 Å². The van der Waals surface area contributed by atoms with Crippen molar-refractivity contribution >= 4 is 48.6 Å². The van der Waals surface area contributed by atoms with Gasteiger partial charge in [0.1, 0.15) is 6.04 Å². The van der Waals surface area contributed by atoms with Crippen LogP contribution in [0.1, 0.15) is 25.7 Å². The largest absolute Gasteiger partial charge is 0.467 e. The smallest absolute Gasteiger partial charge is 0.328 e. The Hall–Kier alpha value is -1.98. The zero-order valence-corrected chi connectivity index (χ0v) is 16.3. The lowest BCUT2D eigenvalue weighted by molar-refractivity contribution is -0.145. The fourth-order valence-corrected chi connectivity index (χ4v) is 1.88. The van der Waals surface area contributed by atoms with Gasteiger partial charge in [-0.2, -0.15) is 0 Å². The Balaban J connectivity index is -0.00000264. The van der Waals surface area contributed by atoms with Gasteiger partial charge in [0.15, 0.2) is 11.9 Å². The van der Waals surface area contributed by atoms with Crippen molar-refractivity contribution in [2.75, 3.05) is 20.2 Å². The van der Waals surface area contributed by atoms with E-state index in [1.54, 1.807) is 0 Å². The predicted molar refractivity (Wildman–Crippen MR) is 105 cm³/mol. The van der Waals surface area contributed by atoms with Crippen LogP contribution in [0.4, 0.5) is 0 Å². The van der Waals surface area contributed by atoms with Gasteiger partial charge in [0, 0.05) is 13.1 Å². The molecule has 0 aliphatic rings. The minimum absolute atomic E-state index is 0. The number of amides is 1. The maximum absolute atomic E-state index is 12.0. The second-order valence-electron chi connectivity index (χ2n) is 5.16. The average Bonchev–Trinajstić information content (AvgIpc) is 2.52. The van der Waals surface area contributed by atoms with E-state index in [0.29, 0.717) is 38.8 Å². The number of rotatable bonds is 11. The van der Waals surface area contributed by atoms with Crippen LogP contribution in [-0.2, 0) is 14.3 Å². The van der Waals surface area contributed by atoms with Crippen molar-refractivity contribution in [2.24, 2.45) is 17.2 Å². The first-order valence-corrected chi connectivity index (χ1v) is 7.57. The molecule has 0 fully saturated rings. The summed E-state index contributed by atoms with van der Waals surface area (Å²) in [5, 5.41) is 21.8. The third-order valence-corrected chi connectivity index (χ3v) is 3.13. The molecule has 0 aliphatic carbocycles. The third-order valence-electron chi connectivity index (χ3n) is 3.13. The SMILES string of the molecule is COC(=O)[C@H](CCCNC(=N)N)NC(=O)[C@@H](N)CCCNC(=N)N.Cl.Cl. The van der Waals surface area contributed by atoms with E-state index in [4.69, 9.17) is 28.0 Å². The number of carbonyl (C=O) groups is 2. The van der Waals surface area contributed by atoms with E-state index in [1.165, 1.54) is 7.11 Å². The first-order chi connectivity index (χ1) is 11.3. The molecule has 13 heteroatoms. The minimum Gasteiger partial charge on any atom is -0.467 e. The topological polar surface area (TPSA) is 205 Å². The maximum Gasteiger partial charge on any atom is 0.328 e. The molecular formula is C13H30Cl2N8O3. The number of hydrogen-bond donors (Lipinski definition) is 8. The number of guanidine groups is 2. The summed E-state index contributed by atoms with van der Waals surface area (Å²) >= 11 is 0. The van der Waals surface area contributed by atoms with Crippen molar-refractivity contribution in [3.8, 4) is 0 Å². The first-order valence-electron chi connectivity index (χ1n) is 7.57. The highest BCUT2D eigenvalue weighted by molar-refractivity contribution is 5.87. The van der Waals surface area contributed by atoms with Gasteiger partial charge in [0.25, 0.3) is 0 Å². The summed E-state index contributed by atoms with van der Waals surface area (Å²) in [6.07, 6.45) is 1.78. The van der Waals surface area contributed by atoms with Crippen molar-refractivity contribution in [3.63, 3.8) is 0 Å². The highest BCUT2D eigenvalue weighted by Gasteiger charge is 2.23. The van der Waals surface area contributed by atoms with E-state index >= 15 is 0 Å². The van der Waals surface area contributed by atoms with Crippen LogP contribution < -0.4 is 33.2 Å². The van der Waals surface area contributed by atoms with Crippen molar-refractivity contribution < 1.29 is 14.3 Å². The monoisotopic (exact) mass is 416 g/mol. The van der Waals surface area contributed by atoms with Gasteiger partial charge in [-0.05, 0) is 25.7 Å². The van der Waals surface area contributed by atoms with Gasteiger partial charge in [-0.3, -0.25) is 15.6 Å². The molecule has 0 spiro atoms. The van der Waals surface area contributed by atoms with Gasteiger partial charge in [0.05, 0.1) is 13.2 Å². The zero-order valence-electron chi connectivity index (χ0n) is 14.7. The molecule has 0 aromatic carbocycles. The Morgan fingerprint density at radius 3 is 1.88 bits per heavy atom. The normalized spacial score (nSPS) is 11.6. The van der Waals surface area contributed by atoms with Crippen LogP contribution in [0.5, 0.6) is 0 Å². The Morgan fingerprint density at radius 2 is 1.46 bits per heavy atom. The first kappa shape index (κ1) is 28.8. The standard InChI is InChI=1S/C13H28N8O3.2ClH/c1-24-11(23)9(5-3-7-20-13(17)18)21-10(22)8(14)4-2-6-19-12(15)16;;/h8-9H,2-7,14H2,1H3,(H,21,22)(H4,15,16,19)(H4,17,18,20);2*1H/t8-,9-;;/m0../s1. The van der Waals surface area contributed by atoms with Crippen LogP contribution in [0.3, 0.4) is 0 Å². The van der Waals surface area contributed by atoms with Crippen molar-refractivity contribution in [2.45, 2.75) is 37.8 Å². The molecule has 26 heavy (non-hydrogen) atoms. The van der Waals surface area contributed by atoms with Gasteiger partial charge in [-0.15, -0.1) is 24.8 Å². The highest BCUT2D eigenvalue weighted by Crippen LogP contribution is 2.02. The zero-order chi connectivity index (χ0) is 18.5. The summed E-state index contributed by atoms with van der Waals surface area (Å²) in [6, 6.07) is -1.58. The second-order valence-corrected chi connectivity index (χ2v) is 5.16. The highest BCUT2D eigenvalue weighted by atomic mass is 35.5. The lowest BCUT2D eigenvalue weighted by atomic mass is 10.1. The summed E-state index contributed by atoms with van der Waals surface area (Å²) in [5.74, 6) is -1.31. The van der Waals surface area contributed by atoms with E-state index in [2.05, 4.69) is 20.7 Å². The molecule has 2 atom stereocenters. The Bertz CT molecular complexity index is 453. The number of nitrogens with one attached hydrogen (secondary N) is 5. The number of nitrogens with two attached hydrogens (primary N) is 3. The summed E-state index contributed by atoms with van der Waals surface area (Å²) in [5.41, 5.74) is 16.1. The van der Waals surface area contributed by atoms with Crippen molar-refractivity contribution in [1.29, 1.82) is 10.8 Å². The minimum atomic E-state index is -0.808. The number of hydrogen-bond acceptors (Lipinski definition) is 6. The summed E-state index contributed by atoms with van der Waals surface area (Å²) < 4.78 is 4.67. The van der Waals surface area contributed by atoms with Crippen LogP contribution in [0.15, 0.2) is 0 Å². The molecule has 1 amide bonds. The molecule has 0 aromatic rings. The number of carbonyl (C=O) groups excluding carboxylic acids is 2. The lowest BCUT2D eigenvalue weighted by Crippen LogP contribution is -2.49. The van der Waals surface area contributed by atoms with Crippen LogP contribution >= 0.6 is 24.8 Å². The predicted octanol–water partition coefficient (Wildman–Crippen LogP) is -1.66. The van der Waals surface area contributed by atoms with Crippen LogP contribution in [-0.4, -0.2) is 56.1 Å². The summed E-state index contributed by atoms with van der Waals surface area (Å²) in [6.45, 7) is 0.842. The van der Waals surface area contributed by atoms with Crippen LogP contribution in [0.25, 0.3) is 0 Å². The fourth-order valence-electron chi connectivity index (χ4n) is 1.88. The average molecular weight is 417 g/mol. The van der Waals surface area contributed by atoms with Gasteiger partial charge in [-0.1, -0.05) is 0 Å². The van der Waals surface area contributed by atoms with E-state index in [-0.39, 0.29) is 36.7 Å². The summed E-state index contributed by atoms with van der Waals surface area (Å²) in [4.78, 5) is 23.8. The fraction of sp³-hybridized carbons (Fsp3) is 0.692. The lowest BCUT2D eigenvalue weighted by Gasteiger charge is -2.19. The number of ether oxygens (including phenoxy) is 1. The molecule has 0 aromatic heterocycles. The van der Waals surface area contributed by atoms with Gasteiger partial charge in [-0.25, -0.2) is 4.79 Å². The molecular weight excluding hydrogens is 387 g/mol. The molecule has 0 heterocycles. The van der Waals surface area contributed by atoms with E-state index in [9.17, 15) is 9.59 Å². The molecule has 0 aliphatic heterocycles. The Kier molecular flexibility index (Phi) is 18.3. The molecule has 11 N–H and O–H groups in total. The molecule has 0 unspecified atom stereocenters. The number of halogens is 2. The molecule has 0 saturated heterocycles. The van der Waals surface area contributed by atoms with Crippen LogP contribution in [0, 0.1) is 10.8 Å². The summed E-state index contributed by atoms with van der Waals surface area (Å²) in [7, 11) is 1.24. The third kappa shape index (κ3) is 14.4. The van der Waals surface area contributed by atoms with Crippen molar-refractivity contribution in [1.82, 2.24) is 16.0 Å². The Morgan fingerprint density at radius 1 is 1.00 bits per heavy atom. The molecule has 0 radical (unpaired) electrons. The molecule has 0 bridgehead atoms. The molecule has 11 nitrogen and oxygen atoms in total. The van der Waals surface area contributed by atoms with Crippen LogP contribution in [0.2, 0.25) is 0 Å². The second kappa shape index (κ2) is 16.5. The Labute approximate surface area is 165 Å². The van der Waals surface area contributed by atoms with Crippen molar-refractivity contribution in [3.05, 3.63) is 0 Å². The number of esters is 1. The van der Waals surface area contributed by atoms with E-state index < -0.39 is 24.0 Å².